The van der Waals surface area contributed by atoms with Gasteiger partial charge in [0.05, 0.1) is 20.8 Å². The summed E-state index contributed by atoms with van der Waals surface area (Å²) in [6.07, 6.45) is 1.33. The Morgan fingerprint density at radius 3 is 2.29 bits per heavy atom. The Bertz CT molecular complexity index is 1340. The zero-order valence-electron chi connectivity index (χ0n) is 18.8. The summed E-state index contributed by atoms with van der Waals surface area (Å²) >= 11 is 18.7. The first kappa shape index (κ1) is 26.1. The summed E-state index contributed by atoms with van der Waals surface area (Å²) in [5.41, 5.74) is 3.22. The van der Waals surface area contributed by atoms with Gasteiger partial charge in [-0.25, -0.2) is 0 Å². The molecule has 6 nitrogen and oxygen atoms in total. The van der Waals surface area contributed by atoms with Crippen molar-refractivity contribution in [3.63, 3.8) is 0 Å². The predicted molar refractivity (Wildman–Crippen MR) is 140 cm³/mol. The van der Waals surface area contributed by atoms with E-state index < -0.39 is 5.91 Å². The van der Waals surface area contributed by atoms with Crippen LogP contribution in [0, 0.1) is 25.2 Å². The number of nitrogens with zero attached hydrogens (tertiary/aromatic N) is 1. The van der Waals surface area contributed by atoms with Crippen LogP contribution in [0.1, 0.15) is 16.7 Å². The first-order valence-electron chi connectivity index (χ1n) is 10.3. The Kier molecular flexibility index (Phi) is 8.78. The lowest BCUT2D eigenvalue weighted by molar-refractivity contribution is -0.118. The third kappa shape index (κ3) is 7.00. The van der Waals surface area contributed by atoms with Gasteiger partial charge in [-0.3, -0.25) is 9.59 Å². The molecule has 3 aromatic rings. The van der Waals surface area contributed by atoms with Gasteiger partial charge in [0.25, 0.3) is 11.8 Å². The Hall–Kier alpha value is -3.50. The van der Waals surface area contributed by atoms with E-state index >= 15 is 0 Å². The molecule has 0 spiro atoms. The minimum atomic E-state index is -0.642. The van der Waals surface area contributed by atoms with E-state index in [1.165, 1.54) is 18.2 Å². The number of hydrogen-bond donors (Lipinski definition) is 2. The number of anilines is 2. The van der Waals surface area contributed by atoms with Crippen LogP contribution >= 0.6 is 34.8 Å². The Labute approximate surface area is 218 Å². The van der Waals surface area contributed by atoms with E-state index in [0.29, 0.717) is 22.0 Å². The van der Waals surface area contributed by atoms with Gasteiger partial charge in [-0.05, 0) is 66.9 Å². The molecule has 3 rings (SSSR count). The van der Waals surface area contributed by atoms with Crippen LogP contribution < -0.4 is 15.4 Å². The van der Waals surface area contributed by atoms with E-state index in [1.54, 1.807) is 24.3 Å². The summed E-state index contributed by atoms with van der Waals surface area (Å²) in [4.78, 5) is 24.9. The summed E-state index contributed by atoms with van der Waals surface area (Å²) in [6, 6.07) is 17.2. The van der Waals surface area contributed by atoms with Crippen LogP contribution in [0.5, 0.6) is 5.75 Å². The van der Waals surface area contributed by atoms with Crippen LogP contribution in [-0.2, 0) is 9.59 Å². The summed E-state index contributed by atoms with van der Waals surface area (Å²) in [6.45, 7) is 3.51. The fourth-order valence-corrected chi connectivity index (χ4v) is 3.86. The molecule has 0 saturated carbocycles. The largest absolute Gasteiger partial charge is 0.481 e. The molecule has 0 bridgehead atoms. The Balaban J connectivity index is 1.71. The van der Waals surface area contributed by atoms with Crippen LogP contribution in [0.2, 0.25) is 15.1 Å². The van der Waals surface area contributed by atoms with Gasteiger partial charge in [0.15, 0.2) is 12.4 Å². The number of amides is 2. The highest BCUT2D eigenvalue weighted by molar-refractivity contribution is 6.37. The van der Waals surface area contributed by atoms with Crippen LogP contribution in [0.15, 0.2) is 60.2 Å². The zero-order valence-corrected chi connectivity index (χ0v) is 21.1. The SMILES string of the molecule is Cc1ccc(C)c(NC(=O)COc2c(Cl)cc(/C=C(\C#N)C(=O)Nc3ccccc3Cl)cc2Cl)c1. The smallest absolute Gasteiger partial charge is 0.266 e. The fourth-order valence-electron chi connectivity index (χ4n) is 3.06. The highest BCUT2D eigenvalue weighted by Gasteiger charge is 2.15. The molecule has 9 heteroatoms. The highest BCUT2D eigenvalue weighted by Crippen LogP contribution is 2.35. The molecule has 0 radical (unpaired) electrons. The number of nitriles is 1. The van der Waals surface area contributed by atoms with Crippen molar-refractivity contribution in [3.8, 4) is 11.8 Å². The molecular formula is C26H20Cl3N3O3. The van der Waals surface area contributed by atoms with Crippen molar-refractivity contribution in [1.82, 2.24) is 0 Å². The van der Waals surface area contributed by atoms with Crippen LogP contribution in [0.25, 0.3) is 6.08 Å². The number of rotatable bonds is 7. The molecule has 2 amide bonds. The van der Waals surface area contributed by atoms with Gasteiger partial charge in [-0.15, -0.1) is 0 Å². The number of hydrogen-bond acceptors (Lipinski definition) is 4. The van der Waals surface area contributed by atoms with Crippen molar-refractivity contribution in [3.05, 3.63) is 91.9 Å². The van der Waals surface area contributed by atoms with Gasteiger partial charge in [0, 0.05) is 5.69 Å². The molecule has 0 aromatic heterocycles. The first-order valence-corrected chi connectivity index (χ1v) is 11.5. The monoisotopic (exact) mass is 527 g/mol. The second-order valence-electron chi connectivity index (χ2n) is 7.57. The van der Waals surface area contributed by atoms with Gasteiger partial charge in [-0.2, -0.15) is 5.26 Å². The lowest BCUT2D eigenvalue weighted by atomic mass is 10.1. The lowest BCUT2D eigenvalue weighted by Crippen LogP contribution is -2.21. The first-order chi connectivity index (χ1) is 16.7. The molecule has 0 aliphatic carbocycles. The molecule has 0 aliphatic heterocycles. The number of para-hydroxylation sites is 1. The van der Waals surface area contributed by atoms with E-state index in [1.807, 2.05) is 38.1 Å². The van der Waals surface area contributed by atoms with Crippen molar-refractivity contribution in [1.29, 1.82) is 5.26 Å². The standard InChI is InChI=1S/C26H20Cl3N3O3/c1-15-7-8-16(2)23(9-15)31-24(33)14-35-25-20(28)11-17(12-21(25)29)10-18(13-30)26(34)32-22-6-4-3-5-19(22)27/h3-12H,14H2,1-2H3,(H,31,33)(H,32,34)/b18-10+. The summed E-state index contributed by atoms with van der Waals surface area (Å²) in [7, 11) is 0. The number of benzene rings is 3. The molecule has 0 fully saturated rings. The number of carbonyl (C=O) groups excluding carboxylic acids is 2. The van der Waals surface area contributed by atoms with Gasteiger partial charge >= 0.3 is 0 Å². The van der Waals surface area contributed by atoms with E-state index in [4.69, 9.17) is 39.5 Å². The molecule has 35 heavy (non-hydrogen) atoms. The highest BCUT2D eigenvalue weighted by atomic mass is 35.5. The van der Waals surface area contributed by atoms with Crippen molar-refractivity contribution in [2.24, 2.45) is 0 Å². The van der Waals surface area contributed by atoms with Gasteiger partial charge in [0.2, 0.25) is 0 Å². The quantitative estimate of drug-likeness (QED) is 0.260. The predicted octanol–water partition coefficient (Wildman–Crippen LogP) is 6.83. The van der Waals surface area contributed by atoms with Crippen molar-refractivity contribution >= 4 is 64.1 Å². The molecule has 178 valence electrons. The zero-order chi connectivity index (χ0) is 25.5. The van der Waals surface area contributed by atoms with Crippen LogP contribution in [-0.4, -0.2) is 18.4 Å². The Morgan fingerprint density at radius 1 is 0.943 bits per heavy atom. The second-order valence-corrected chi connectivity index (χ2v) is 8.79. The van der Waals surface area contributed by atoms with E-state index in [-0.39, 0.29) is 33.9 Å². The topological polar surface area (TPSA) is 91.2 Å². The van der Waals surface area contributed by atoms with Gasteiger partial charge < -0.3 is 15.4 Å². The second kappa shape index (κ2) is 11.8. The minimum Gasteiger partial charge on any atom is -0.481 e. The maximum atomic E-state index is 12.5. The third-order valence-electron chi connectivity index (χ3n) is 4.83. The number of nitrogens with one attached hydrogen (secondary N) is 2. The van der Waals surface area contributed by atoms with Crippen molar-refractivity contribution in [2.45, 2.75) is 13.8 Å². The average Bonchev–Trinajstić information content (AvgIpc) is 2.80. The third-order valence-corrected chi connectivity index (χ3v) is 5.72. The molecule has 2 N–H and O–H groups in total. The lowest BCUT2D eigenvalue weighted by Gasteiger charge is -2.13. The van der Waals surface area contributed by atoms with E-state index in [9.17, 15) is 14.9 Å². The summed E-state index contributed by atoms with van der Waals surface area (Å²) in [5, 5.41) is 15.4. The molecule has 0 aliphatic rings. The number of aryl methyl sites for hydroxylation is 2. The maximum absolute atomic E-state index is 12.5. The fraction of sp³-hybridized carbons (Fsp3) is 0.115. The van der Waals surface area contributed by atoms with Crippen molar-refractivity contribution in [2.75, 3.05) is 17.2 Å². The number of ether oxygens (including phenoxy) is 1. The normalized spacial score (nSPS) is 10.9. The van der Waals surface area contributed by atoms with Crippen LogP contribution in [0.4, 0.5) is 11.4 Å². The minimum absolute atomic E-state index is 0.112. The number of halogens is 3. The average molecular weight is 529 g/mol. The van der Waals surface area contributed by atoms with Crippen LogP contribution in [0.3, 0.4) is 0 Å². The molecular weight excluding hydrogens is 509 g/mol. The summed E-state index contributed by atoms with van der Waals surface area (Å²) < 4.78 is 5.54. The molecule has 0 unspecified atom stereocenters. The van der Waals surface area contributed by atoms with E-state index in [2.05, 4.69) is 10.6 Å². The van der Waals surface area contributed by atoms with Crippen molar-refractivity contribution < 1.29 is 14.3 Å². The molecule has 0 atom stereocenters. The van der Waals surface area contributed by atoms with Gasteiger partial charge in [0.1, 0.15) is 11.6 Å². The van der Waals surface area contributed by atoms with Gasteiger partial charge in [-0.1, -0.05) is 59.1 Å². The number of carbonyl (C=O) groups is 2. The molecule has 3 aromatic carbocycles. The molecule has 0 saturated heterocycles. The molecule has 0 heterocycles. The summed E-state index contributed by atoms with van der Waals surface area (Å²) in [5.74, 6) is -0.908. The Morgan fingerprint density at radius 2 is 1.63 bits per heavy atom. The maximum Gasteiger partial charge on any atom is 0.266 e. The van der Waals surface area contributed by atoms with E-state index in [0.717, 1.165) is 11.1 Å².